The maximum Gasteiger partial charge on any atom is 0.407 e. The van der Waals surface area contributed by atoms with Crippen LogP contribution in [0.1, 0.15) is 65.7 Å². The van der Waals surface area contributed by atoms with Crippen molar-refractivity contribution < 1.29 is 9.53 Å². The number of hydrogen-bond acceptors (Lipinski definition) is 3. The maximum absolute atomic E-state index is 11.8. The highest BCUT2D eigenvalue weighted by molar-refractivity contribution is 5.68. The molecule has 3 fully saturated rings. The van der Waals surface area contributed by atoms with Gasteiger partial charge in [0.2, 0.25) is 0 Å². The molecule has 0 radical (unpaired) electrons. The van der Waals surface area contributed by atoms with E-state index in [1.54, 1.807) is 0 Å². The van der Waals surface area contributed by atoms with Gasteiger partial charge in [-0.1, -0.05) is 0 Å². The van der Waals surface area contributed by atoms with Gasteiger partial charge < -0.3 is 15.4 Å². The van der Waals surface area contributed by atoms with E-state index in [9.17, 15) is 4.79 Å². The lowest BCUT2D eigenvalue weighted by Gasteiger charge is -2.24. The molecule has 0 saturated heterocycles. The van der Waals surface area contributed by atoms with Gasteiger partial charge in [-0.2, -0.15) is 0 Å². The van der Waals surface area contributed by atoms with Crippen LogP contribution in [0.4, 0.5) is 4.79 Å². The van der Waals surface area contributed by atoms with Gasteiger partial charge in [-0.25, -0.2) is 4.79 Å². The molecule has 0 aromatic rings. The fraction of sp³-hybridized carbons (Fsp3) is 0.941. The van der Waals surface area contributed by atoms with Gasteiger partial charge in [-0.05, 0) is 77.6 Å². The summed E-state index contributed by atoms with van der Waals surface area (Å²) in [4.78, 5) is 11.8. The van der Waals surface area contributed by atoms with Crippen LogP contribution in [-0.4, -0.2) is 29.8 Å². The molecule has 3 aliphatic carbocycles. The van der Waals surface area contributed by atoms with Crippen LogP contribution in [0.3, 0.4) is 0 Å². The van der Waals surface area contributed by atoms with E-state index in [-0.39, 0.29) is 12.1 Å². The average Bonchev–Trinajstić information content (AvgIpc) is 3.25. The molecular formula is C17H30N2O2. The molecule has 0 aliphatic heterocycles. The first-order valence-corrected chi connectivity index (χ1v) is 8.66. The van der Waals surface area contributed by atoms with E-state index < -0.39 is 5.60 Å². The SMILES string of the molecule is CC(C)(C)OC(=O)NC1CCC(NC(C2CC2)C2CC2)C1. The quantitative estimate of drug-likeness (QED) is 0.818. The highest BCUT2D eigenvalue weighted by Gasteiger charge is 2.43. The van der Waals surface area contributed by atoms with Crippen molar-refractivity contribution in [3.05, 3.63) is 0 Å². The molecule has 0 spiro atoms. The molecule has 0 aromatic heterocycles. The molecule has 2 unspecified atom stereocenters. The van der Waals surface area contributed by atoms with Crippen molar-refractivity contribution in [1.29, 1.82) is 0 Å². The Hall–Kier alpha value is -0.770. The van der Waals surface area contributed by atoms with E-state index in [1.165, 1.54) is 32.1 Å². The Labute approximate surface area is 128 Å². The fourth-order valence-corrected chi connectivity index (χ4v) is 3.58. The molecule has 0 aromatic carbocycles. The van der Waals surface area contributed by atoms with Gasteiger partial charge in [0.25, 0.3) is 0 Å². The van der Waals surface area contributed by atoms with E-state index in [1.807, 2.05) is 20.8 Å². The van der Waals surface area contributed by atoms with Crippen molar-refractivity contribution in [3.8, 4) is 0 Å². The lowest BCUT2D eigenvalue weighted by atomic mass is 10.1. The van der Waals surface area contributed by atoms with Crippen LogP contribution in [0, 0.1) is 11.8 Å². The molecule has 3 aliphatic rings. The smallest absolute Gasteiger partial charge is 0.407 e. The van der Waals surface area contributed by atoms with Crippen LogP contribution in [0.5, 0.6) is 0 Å². The first-order chi connectivity index (χ1) is 9.90. The second-order valence-corrected chi connectivity index (χ2v) is 8.22. The number of rotatable bonds is 5. The molecule has 1 amide bonds. The predicted molar refractivity (Wildman–Crippen MR) is 83.2 cm³/mol. The minimum absolute atomic E-state index is 0.269. The summed E-state index contributed by atoms with van der Waals surface area (Å²) in [5.41, 5.74) is -0.413. The number of hydrogen-bond donors (Lipinski definition) is 2. The van der Waals surface area contributed by atoms with E-state index in [0.717, 1.165) is 30.7 Å². The number of carbonyl (C=O) groups excluding carboxylic acids is 1. The largest absolute Gasteiger partial charge is 0.444 e. The van der Waals surface area contributed by atoms with Gasteiger partial charge in [-0.3, -0.25) is 0 Å². The molecule has 4 nitrogen and oxygen atoms in total. The van der Waals surface area contributed by atoms with Crippen LogP contribution in [0.2, 0.25) is 0 Å². The summed E-state index contributed by atoms with van der Waals surface area (Å²) in [5, 5.41) is 6.93. The van der Waals surface area contributed by atoms with E-state index in [4.69, 9.17) is 4.74 Å². The normalized spacial score (nSPS) is 29.7. The second kappa shape index (κ2) is 5.79. The topological polar surface area (TPSA) is 50.4 Å². The van der Waals surface area contributed by atoms with Crippen molar-refractivity contribution in [2.75, 3.05) is 0 Å². The van der Waals surface area contributed by atoms with Gasteiger partial charge >= 0.3 is 6.09 Å². The summed E-state index contributed by atoms with van der Waals surface area (Å²) < 4.78 is 5.34. The van der Waals surface area contributed by atoms with Gasteiger partial charge in [0, 0.05) is 18.1 Å². The van der Waals surface area contributed by atoms with Crippen LogP contribution in [-0.2, 0) is 4.74 Å². The summed E-state index contributed by atoms with van der Waals surface area (Å²) in [6, 6.07) is 1.61. The van der Waals surface area contributed by atoms with Crippen LogP contribution < -0.4 is 10.6 Å². The fourth-order valence-electron chi connectivity index (χ4n) is 3.58. The molecule has 21 heavy (non-hydrogen) atoms. The third-order valence-corrected chi connectivity index (χ3v) is 4.84. The third kappa shape index (κ3) is 4.60. The van der Waals surface area contributed by atoms with Crippen molar-refractivity contribution in [3.63, 3.8) is 0 Å². The molecule has 4 heteroatoms. The van der Waals surface area contributed by atoms with Crippen LogP contribution >= 0.6 is 0 Å². The van der Waals surface area contributed by atoms with Gasteiger partial charge in [-0.15, -0.1) is 0 Å². The van der Waals surface area contributed by atoms with Gasteiger partial charge in [0.1, 0.15) is 5.60 Å². The van der Waals surface area contributed by atoms with E-state index in [0.29, 0.717) is 6.04 Å². The summed E-state index contributed by atoms with van der Waals surface area (Å²) in [5.74, 6) is 1.88. The lowest BCUT2D eigenvalue weighted by Crippen LogP contribution is -2.42. The number of alkyl carbamates (subject to hydrolysis) is 1. The molecule has 3 rings (SSSR count). The van der Waals surface area contributed by atoms with Gasteiger partial charge in [0.15, 0.2) is 0 Å². The molecule has 0 heterocycles. The Bertz CT molecular complexity index is 371. The minimum Gasteiger partial charge on any atom is -0.444 e. The maximum atomic E-state index is 11.8. The first kappa shape index (κ1) is 15.1. The van der Waals surface area contributed by atoms with E-state index >= 15 is 0 Å². The van der Waals surface area contributed by atoms with Crippen molar-refractivity contribution >= 4 is 6.09 Å². The molecule has 2 atom stereocenters. The summed E-state index contributed by atoms with van der Waals surface area (Å²) >= 11 is 0. The number of ether oxygens (including phenoxy) is 1. The van der Waals surface area contributed by atoms with Crippen molar-refractivity contribution in [1.82, 2.24) is 10.6 Å². The molecule has 0 bridgehead atoms. The first-order valence-electron chi connectivity index (χ1n) is 8.66. The highest BCUT2D eigenvalue weighted by Crippen LogP contribution is 2.45. The van der Waals surface area contributed by atoms with Crippen molar-refractivity contribution in [2.24, 2.45) is 11.8 Å². The Morgan fingerprint density at radius 2 is 1.57 bits per heavy atom. The summed E-state index contributed by atoms with van der Waals surface area (Å²) in [6.07, 6.45) is 8.70. The van der Waals surface area contributed by atoms with Crippen LogP contribution in [0.15, 0.2) is 0 Å². The molecular weight excluding hydrogens is 264 g/mol. The number of carbonyl (C=O) groups is 1. The lowest BCUT2D eigenvalue weighted by molar-refractivity contribution is 0.0505. The summed E-state index contributed by atoms with van der Waals surface area (Å²) in [7, 11) is 0. The van der Waals surface area contributed by atoms with Crippen LogP contribution in [0.25, 0.3) is 0 Å². The Kier molecular flexibility index (Phi) is 4.17. The minimum atomic E-state index is -0.413. The Morgan fingerprint density at radius 1 is 1.00 bits per heavy atom. The number of nitrogens with one attached hydrogen (secondary N) is 2. The third-order valence-electron chi connectivity index (χ3n) is 4.84. The average molecular weight is 294 g/mol. The van der Waals surface area contributed by atoms with Gasteiger partial charge in [0.05, 0.1) is 0 Å². The van der Waals surface area contributed by atoms with Crippen molar-refractivity contribution in [2.45, 2.75) is 89.4 Å². The Morgan fingerprint density at radius 3 is 2.10 bits per heavy atom. The van der Waals surface area contributed by atoms with E-state index in [2.05, 4.69) is 10.6 Å². The highest BCUT2D eigenvalue weighted by atomic mass is 16.6. The summed E-state index contributed by atoms with van der Waals surface area (Å²) in [6.45, 7) is 5.71. The monoisotopic (exact) mass is 294 g/mol. The standard InChI is InChI=1S/C17H30N2O2/c1-17(2,3)21-16(20)19-14-9-8-13(10-14)18-15(11-4-5-11)12-6-7-12/h11-15,18H,4-10H2,1-3H3,(H,19,20). The predicted octanol–water partition coefficient (Wildman–Crippen LogP) is 3.21. The Balaban J connectivity index is 1.41. The second-order valence-electron chi connectivity index (χ2n) is 8.22. The molecule has 120 valence electrons. The zero-order valence-corrected chi connectivity index (χ0v) is 13.7. The molecule has 2 N–H and O–H groups in total. The molecule has 3 saturated carbocycles. The number of amides is 1. The zero-order chi connectivity index (χ0) is 15.0. The zero-order valence-electron chi connectivity index (χ0n) is 13.7.